The molecule has 2 nitrogen and oxygen atoms in total. The Labute approximate surface area is 194 Å². The van der Waals surface area contributed by atoms with Crippen molar-refractivity contribution in [2.75, 3.05) is 5.32 Å². The Morgan fingerprint density at radius 3 is 2.24 bits per heavy atom. The molecule has 0 amide bonds. The summed E-state index contributed by atoms with van der Waals surface area (Å²) in [5, 5.41) is 8.60. The zero-order valence-electron chi connectivity index (χ0n) is 17.7. The molecule has 0 saturated heterocycles. The first kappa shape index (κ1) is 18.5. The third-order valence-corrected chi connectivity index (χ3v) is 7.42. The topological polar surface area (TPSA) is 25.2 Å². The number of para-hydroxylation sites is 2. The highest BCUT2D eigenvalue weighted by Crippen LogP contribution is 2.40. The average Bonchev–Trinajstić information content (AvgIpc) is 3.42. The van der Waals surface area contributed by atoms with Gasteiger partial charge in [-0.15, -0.1) is 11.3 Å². The molecule has 0 saturated carbocycles. The second kappa shape index (κ2) is 7.22. The molecule has 156 valence electrons. The number of nitrogens with one attached hydrogen (secondary N) is 1. The van der Waals surface area contributed by atoms with Gasteiger partial charge in [-0.05, 0) is 42.0 Å². The van der Waals surface area contributed by atoms with E-state index in [-0.39, 0.29) is 0 Å². The fraction of sp³-hybridized carbons (Fsp3) is 0. The molecule has 1 N–H and O–H groups in total. The van der Waals surface area contributed by atoms with E-state index < -0.39 is 0 Å². The summed E-state index contributed by atoms with van der Waals surface area (Å²) in [6, 6.07) is 38.3. The predicted molar refractivity (Wildman–Crippen MR) is 142 cm³/mol. The van der Waals surface area contributed by atoms with Gasteiger partial charge in [0.25, 0.3) is 0 Å². The second-order valence-electron chi connectivity index (χ2n) is 8.26. The van der Waals surface area contributed by atoms with Crippen LogP contribution in [0.15, 0.2) is 114 Å². The van der Waals surface area contributed by atoms with Crippen LogP contribution in [0, 0.1) is 0 Å². The molecule has 0 aliphatic heterocycles. The van der Waals surface area contributed by atoms with Crippen LogP contribution in [0.3, 0.4) is 0 Å². The molecule has 3 heteroatoms. The minimum absolute atomic E-state index is 0.894. The summed E-state index contributed by atoms with van der Waals surface area (Å²) in [7, 11) is 0. The van der Waals surface area contributed by atoms with Crippen molar-refractivity contribution in [2.24, 2.45) is 0 Å². The molecule has 2 heterocycles. The van der Waals surface area contributed by atoms with Crippen LogP contribution < -0.4 is 5.32 Å². The smallest absolute Gasteiger partial charge is 0.137 e. The zero-order valence-corrected chi connectivity index (χ0v) is 18.5. The second-order valence-corrected chi connectivity index (χ2v) is 9.34. The minimum Gasteiger partial charge on any atom is -0.456 e. The maximum atomic E-state index is 6.08. The number of hydrogen-bond acceptors (Lipinski definition) is 3. The molecular formula is C30H19NOS. The molecular weight excluding hydrogens is 422 g/mol. The standard InChI is InChI=1S/C30H19NOS/c1-4-11-24(31-25-12-7-14-27-30(25)23-10-2-5-13-26(23)32-27)20(8-1)19-16-17-22-21-9-3-6-15-28(21)33-29(22)18-19/h1-18,31H. The number of hydrogen-bond donors (Lipinski definition) is 1. The van der Waals surface area contributed by atoms with E-state index in [0.29, 0.717) is 0 Å². The molecule has 33 heavy (non-hydrogen) atoms. The van der Waals surface area contributed by atoms with Gasteiger partial charge in [-0.1, -0.05) is 72.8 Å². The molecule has 7 rings (SSSR count). The summed E-state index contributed by atoms with van der Waals surface area (Å²) in [5.41, 5.74) is 6.32. The number of furan rings is 1. The van der Waals surface area contributed by atoms with E-state index >= 15 is 0 Å². The monoisotopic (exact) mass is 441 g/mol. The fourth-order valence-electron chi connectivity index (χ4n) is 4.76. The third-order valence-electron chi connectivity index (χ3n) is 6.29. The zero-order chi connectivity index (χ0) is 21.8. The molecule has 0 aliphatic carbocycles. The van der Waals surface area contributed by atoms with Gasteiger partial charge in [-0.2, -0.15) is 0 Å². The summed E-state index contributed by atoms with van der Waals surface area (Å²) in [4.78, 5) is 0. The lowest BCUT2D eigenvalue weighted by atomic mass is 10.0. The Morgan fingerprint density at radius 1 is 0.545 bits per heavy atom. The van der Waals surface area contributed by atoms with Crippen LogP contribution in [-0.4, -0.2) is 0 Å². The first-order chi connectivity index (χ1) is 16.3. The molecule has 0 atom stereocenters. The number of benzene rings is 5. The largest absolute Gasteiger partial charge is 0.456 e. The van der Waals surface area contributed by atoms with Crippen LogP contribution >= 0.6 is 11.3 Å². The summed E-state index contributed by atoms with van der Waals surface area (Å²) < 4.78 is 8.72. The van der Waals surface area contributed by atoms with Crippen molar-refractivity contribution < 1.29 is 4.42 Å². The van der Waals surface area contributed by atoms with E-state index in [1.807, 2.05) is 35.6 Å². The van der Waals surface area contributed by atoms with Crippen LogP contribution in [0.25, 0.3) is 53.2 Å². The number of rotatable bonds is 3. The molecule has 0 aliphatic rings. The summed E-state index contributed by atoms with van der Waals surface area (Å²) >= 11 is 1.85. The molecule has 0 spiro atoms. The van der Waals surface area contributed by atoms with E-state index in [0.717, 1.165) is 33.3 Å². The molecule has 2 aromatic heterocycles. The lowest BCUT2D eigenvalue weighted by Crippen LogP contribution is -1.93. The Balaban J connectivity index is 1.37. The number of thiophene rings is 1. The Bertz CT molecular complexity index is 1810. The third kappa shape index (κ3) is 2.94. The summed E-state index contributed by atoms with van der Waals surface area (Å²) in [6.07, 6.45) is 0. The molecule has 0 bridgehead atoms. The molecule has 0 unspecified atom stereocenters. The highest BCUT2D eigenvalue weighted by Gasteiger charge is 2.13. The highest BCUT2D eigenvalue weighted by molar-refractivity contribution is 7.25. The predicted octanol–water partition coefficient (Wildman–Crippen LogP) is 9.36. The number of fused-ring (bicyclic) bond motifs is 6. The van der Waals surface area contributed by atoms with E-state index in [1.54, 1.807) is 0 Å². The van der Waals surface area contributed by atoms with Crippen LogP contribution in [0.2, 0.25) is 0 Å². The van der Waals surface area contributed by atoms with Crippen LogP contribution in [-0.2, 0) is 0 Å². The van der Waals surface area contributed by atoms with Crippen LogP contribution in [0.4, 0.5) is 11.4 Å². The van der Waals surface area contributed by atoms with Crippen LogP contribution in [0.1, 0.15) is 0 Å². The molecule has 0 radical (unpaired) electrons. The van der Waals surface area contributed by atoms with Gasteiger partial charge in [0, 0.05) is 36.8 Å². The van der Waals surface area contributed by atoms with Gasteiger partial charge in [0.2, 0.25) is 0 Å². The van der Waals surface area contributed by atoms with Gasteiger partial charge in [-0.25, -0.2) is 0 Å². The van der Waals surface area contributed by atoms with Crippen molar-refractivity contribution in [3.05, 3.63) is 109 Å². The van der Waals surface area contributed by atoms with Crippen molar-refractivity contribution >= 4 is 64.8 Å². The SMILES string of the molecule is c1ccc(-c2ccc3c(c2)sc2ccccc23)c(Nc2cccc3oc4ccccc4c23)c1. The Kier molecular flexibility index (Phi) is 4.05. The fourth-order valence-corrected chi connectivity index (χ4v) is 5.91. The van der Waals surface area contributed by atoms with Gasteiger partial charge in [-0.3, -0.25) is 0 Å². The molecule has 0 fully saturated rings. The van der Waals surface area contributed by atoms with Crippen LogP contribution in [0.5, 0.6) is 0 Å². The molecule has 5 aromatic carbocycles. The lowest BCUT2D eigenvalue weighted by Gasteiger charge is -2.13. The maximum absolute atomic E-state index is 6.08. The van der Waals surface area contributed by atoms with E-state index in [9.17, 15) is 0 Å². The first-order valence-electron chi connectivity index (χ1n) is 11.0. The quantitative estimate of drug-likeness (QED) is 0.295. The van der Waals surface area contributed by atoms with Gasteiger partial charge < -0.3 is 9.73 Å². The van der Waals surface area contributed by atoms with Crippen molar-refractivity contribution in [3.63, 3.8) is 0 Å². The summed E-state index contributed by atoms with van der Waals surface area (Å²) in [5.74, 6) is 0. The van der Waals surface area contributed by atoms with Gasteiger partial charge >= 0.3 is 0 Å². The lowest BCUT2D eigenvalue weighted by molar-refractivity contribution is 0.669. The van der Waals surface area contributed by atoms with E-state index in [4.69, 9.17) is 4.42 Å². The van der Waals surface area contributed by atoms with Crippen molar-refractivity contribution in [1.82, 2.24) is 0 Å². The molecule has 7 aromatic rings. The first-order valence-corrected chi connectivity index (χ1v) is 11.8. The Hall–Kier alpha value is -4.08. The van der Waals surface area contributed by atoms with E-state index in [2.05, 4.69) is 90.2 Å². The van der Waals surface area contributed by atoms with Gasteiger partial charge in [0.05, 0.1) is 11.1 Å². The van der Waals surface area contributed by atoms with Gasteiger partial charge in [0.1, 0.15) is 11.2 Å². The van der Waals surface area contributed by atoms with E-state index in [1.165, 1.54) is 31.3 Å². The maximum Gasteiger partial charge on any atom is 0.137 e. The van der Waals surface area contributed by atoms with Crippen molar-refractivity contribution in [3.8, 4) is 11.1 Å². The minimum atomic E-state index is 0.894. The number of anilines is 2. The van der Waals surface area contributed by atoms with Crippen molar-refractivity contribution in [2.45, 2.75) is 0 Å². The highest BCUT2D eigenvalue weighted by atomic mass is 32.1. The summed E-state index contributed by atoms with van der Waals surface area (Å²) in [6.45, 7) is 0. The normalized spacial score (nSPS) is 11.6. The van der Waals surface area contributed by atoms with Crippen molar-refractivity contribution in [1.29, 1.82) is 0 Å². The average molecular weight is 442 g/mol. The van der Waals surface area contributed by atoms with Gasteiger partial charge in [0.15, 0.2) is 0 Å². The Morgan fingerprint density at radius 2 is 1.27 bits per heavy atom.